The van der Waals surface area contributed by atoms with E-state index in [1.165, 1.54) is 18.2 Å². The Balaban J connectivity index is 2.20. The number of hydrogen-bond donors (Lipinski definition) is 0. The number of isocyanates is 1. The van der Waals surface area contributed by atoms with Gasteiger partial charge in [-0.3, -0.25) is 0 Å². The van der Waals surface area contributed by atoms with Crippen LogP contribution in [0.25, 0.3) is 0 Å². The van der Waals surface area contributed by atoms with Crippen LogP contribution in [0.3, 0.4) is 0 Å². The summed E-state index contributed by atoms with van der Waals surface area (Å²) in [5.41, 5.74) is 0.588. The molecule has 0 N–H and O–H groups in total. The number of rotatable bonds is 4. The first-order valence-corrected chi connectivity index (χ1v) is 4.78. The van der Waals surface area contributed by atoms with Gasteiger partial charge in [-0.15, -0.1) is 0 Å². The Morgan fingerprint density at radius 3 is 3.00 bits per heavy atom. The molecule has 0 heterocycles. The molecule has 2 rings (SSSR count). The Kier molecular flexibility index (Phi) is 2.79. The second-order valence-electron chi connectivity index (χ2n) is 3.48. The lowest BCUT2D eigenvalue weighted by Crippen LogP contribution is -1.99. The Morgan fingerprint density at radius 2 is 2.33 bits per heavy atom. The van der Waals surface area contributed by atoms with Gasteiger partial charge >= 0.3 is 0 Å². The molecule has 0 bridgehead atoms. The van der Waals surface area contributed by atoms with Crippen LogP contribution >= 0.6 is 0 Å². The van der Waals surface area contributed by atoms with Crippen LogP contribution in [0.2, 0.25) is 0 Å². The van der Waals surface area contributed by atoms with Gasteiger partial charge < -0.3 is 4.74 Å². The quantitative estimate of drug-likeness (QED) is 0.560. The number of halogens is 1. The average molecular weight is 207 g/mol. The monoisotopic (exact) mass is 207 g/mol. The molecule has 0 saturated heterocycles. The van der Waals surface area contributed by atoms with E-state index in [1.807, 2.05) is 0 Å². The molecule has 1 saturated carbocycles. The number of benzene rings is 1. The summed E-state index contributed by atoms with van der Waals surface area (Å²) in [7, 11) is 0. The van der Waals surface area contributed by atoms with Gasteiger partial charge in [0.2, 0.25) is 6.08 Å². The molecule has 0 unspecified atom stereocenters. The van der Waals surface area contributed by atoms with Crippen LogP contribution in [0.1, 0.15) is 18.4 Å². The smallest absolute Gasteiger partial charge is 0.235 e. The summed E-state index contributed by atoms with van der Waals surface area (Å²) in [6.07, 6.45) is 3.74. The normalized spacial score (nSPS) is 14.5. The highest BCUT2D eigenvalue weighted by Gasteiger charge is 2.24. The topological polar surface area (TPSA) is 38.7 Å². The van der Waals surface area contributed by atoms with Gasteiger partial charge in [-0.25, -0.2) is 14.2 Å². The SMILES string of the molecule is O=C=NCc1cc(F)ccc1OC1CC1. The van der Waals surface area contributed by atoms with Gasteiger partial charge in [0, 0.05) is 5.56 Å². The highest BCUT2D eigenvalue weighted by molar-refractivity contribution is 5.38. The summed E-state index contributed by atoms with van der Waals surface area (Å²) in [5, 5.41) is 0. The molecule has 15 heavy (non-hydrogen) atoms. The molecular formula is C11H10FNO2. The fraction of sp³-hybridized carbons (Fsp3) is 0.364. The van der Waals surface area contributed by atoms with Crippen molar-refractivity contribution >= 4 is 6.08 Å². The Labute approximate surface area is 86.6 Å². The molecule has 0 aromatic heterocycles. The van der Waals surface area contributed by atoms with Crippen molar-refractivity contribution in [2.45, 2.75) is 25.5 Å². The zero-order chi connectivity index (χ0) is 10.7. The van der Waals surface area contributed by atoms with Crippen LogP contribution in [-0.2, 0) is 11.3 Å². The lowest BCUT2D eigenvalue weighted by Gasteiger charge is -2.08. The van der Waals surface area contributed by atoms with Gasteiger partial charge in [0.1, 0.15) is 11.6 Å². The Bertz CT molecular complexity index is 409. The molecule has 3 nitrogen and oxygen atoms in total. The van der Waals surface area contributed by atoms with E-state index in [0.717, 1.165) is 12.8 Å². The second kappa shape index (κ2) is 4.24. The van der Waals surface area contributed by atoms with E-state index >= 15 is 0 Å². The van der Waals surface area contributed by atoms with E-state index in [1.54, 1.807) is 6.07 Å². The number of hydrogen-bond acceptors (Lipinski definition) is 3. The zero-order valence-electron chi connectivity index (χ0n) is 8.07. The molecule has 1 aliphatic rings. The fourth-order valence-electron chi connectivity index (χ4n) is 1.27. The van der Waals surface area contributed by atoms with E-state index in [4.69, 9.17) is 4.74 Å². The van der Waals surface area contributed by atoms with Crippen molar-refractivity contribution in [2.24, 2.45) is 4.99 Å². The summed E-state index contributed by atoms with van der Waals surface area (Å²) in [4.78, 5) is 13.4. The molecule has 0 amide bonds. The molecule has 1 aromatic carbocycles. The molecule has 4 heteroatoms. The molecule has 0 radical (unpaired) electrons. The van der Waals surface area contributed by atoms with Crippen molar-refractivity contribution in [3.63, 3.8) is 0 Å². The summed E-state index contributed by atoms with van der Waals surface area (Å²) >= 11 is 0. The van der Waals surface area contributed by atoms with Gasteiger partial charge in [-0.05, 0) is 31.0 Å². The first-order valence-electron chi connectivity index (χ1n) is 4.78. The van der Waals surface area contributed by atoms with Crippen LogP contribution in [0.5, 0.6) is 5.75 Å². The van der Waals surface area contributed by atoms with Gasteiger partial charge in [0.15, 0.2) is 0 Å². The van der Waals surface area contributed by atoms with Crippen LogP contribution in [0.4, 0.5) is 4.39 Å². The molecule has 0 spiro atoms. The summed E-state index contributed by atoms with van der Waals surface area (Å²) in [6, 6.07) is 4.24. The third kappa shape index (κ3) is 2.64. The minimum absolute atomic E-state index is 0.114. The minimum Gasteiger partial charge on any atom is -0.490 e. The zero-order valence-corrected chi connectivity index (χ0v) is 8.07. The lowest BCUT2D eigenvalue weighted by molar-refractivity contribution is 0.299. The van der Waals surface area contributed by atoms with Gasteiger partial charge in [0.25, 0.3) is 0 Å². The van der Waals surface area contributed by atoms with Crippen molar-refractivity contribution in [2.75, 3.05) is 0 Å². The van der Waals surface area contributed by atoms with Crippen LogP contribution in [-0.4, -0.2) is 12.2 Å². The molecule has 1 fully saturated rings. The highest BCUT2D eigenvalue weighted by atomic mass is 19.1. The third-order valence-corrected chi connectivity index (χ3v) is 2.15. The largest absolute Gasteiger partial charge is 0.490 e. The number of nitrogens with zero attached hydrogens (tertiary/aromatic N) is 1. The predicted molar refractivity (Wildman–Crippen MR) is 51.9 cm³/mol. The van der Waals surface area contributed by atoms with Crippen molar-refractivity contribution in [1.82, 2.24) is 0 Å². The second-order valence-corrected chi connectivity index (χ2v) is 3.48. The number of carbonyl (C=O) groups excluding carboxylic acids is 1. The van der Waals surface area contributed by atoms with E-state index < -0.39 is 0 Å². The van der Waals surface area contributed by atoms with E-state index in [2.05, 4.69) is 4.99 Å². The van der Waals surface area contributed by atoms with Crippen molar-refractivity contribution in [1.29, 1.82) is 0 Å². The standard InChI is InChI=1S/C11H10FNO2/c12-9-1-4-11(15-10-2-3-10)8(5-9)6-13-7-14/h1,4-5,10H,2-3,6H2. The van der Waals surface area contributed by atoms with Crippen LogP contribution in [0, 0.1) is 5.82 Å². The third-order valence-electron chi connectivity index (χ3n) is 2.15. The maximum Gasteiger partial charge on any atom is 0.235 e. The van der Waals surface area contributed by atoms with Crippen molar-refractivity contribution < 1.29 is 13.9 Å². The summed E-state index contributed by atoms with van der Waals surface area (Å²) in [6.45, 7) is 0.114. The fourth-order valence-corrected chi connectivity index (χ4v) is 1.27. The van der Waals surface area contributed by atoms with E-state index in [-0.39, 0.29) is 18.5 Å². The van der Waals surface area contributed by atoms with Crippen LogP contribution in [0.15, 0.2) is 23.2 Å². The van der Waals surface area contributed by atoms with Crippen molar-refractivity contribution in [3.8, 4) is 5.75 Å². The predicted octanol–water partition coefficient (Wildman–Crippen LogP) is 2.20. The summed E-state index contributed by atoms with van der Waals surface area (Å²) in [5.74, 6) is 0.257. The molecular weight excluding hydrogens is 197 g/mol. The first kappa shape index (κ1) is 9.87. The first-order chi connectivity index (χ1) is 7.29. The summed E-state index contributed by atoms with van der Waals surface area (Å²) < 4.78 is 18.5. The van der Waals surface area contributed by atoms with Crippen molar-refractivity contribution in [3.05, 3.63) is 29.6 Å². The maximum atomic E-state index is 12.9. The van der Waals surface area contributed by atoms with Gasteiger partial charge in [-0.2, -0.15) is 0 Å². The lowest BCUT2D eigenvalue weighted by atomic mass is 10.2. The molecule has 0 atom stereocenters. The molecule has 1 aromatic rings. The Morgan fingerprint density at radius 1 is 1.53 bits per heavy atom. The average Bonchev–Trinajstić information content (AvgIpc) is 3.02. The minimum atomic E-state index is -0.353. The van der Waals surface area contributed by atoms with E-state index in [9.17, 15) is 9.18 Å². The number of aliphatic imine (C=N–C) groups is 1. The van der Waals surface area contributed by atoms with Gasteiger partial charge in [-0.1, -0.05) is 0 Å². The number of ether oxygens (including phenoxy) is 1. The molecule has 1 aliphatic carbocycles. The molecule has 78 valence electrons. The Hall–Kier alpha value is -1.67. The van der Waals surface area contributed by atoms with E-state index in [0.29, 0.717) is 11.3 Å². The maximum absolute atomic E-state index is 12.9. The molecule has 0 aliphatic heterocycles. The van der Waals surface area contributed by atoms with Gasteiger partial charge in [0.05, 0.1) is 12.6 Å². The van der Waals surface area contributed by atoms with Crippen LogP contribution < -0.4 is 4.74 Å². The highest BCUT2D eigenvalue weighted by Crippen LogP contribution is 2.29.